The van der Waals surface area contributed by atoms with Crippen LogP contribution >= 0.6 is 11.6 Å². The summed E-state index contributed by atoms with van der Waals surface area (Å²) >= 11 is 6.11. The Kier molecular flexibility index (Phi) is 5.63. The third-order valence-electron chi connectivity index (χ3n) is 4.30. The fourth-order valence-electron chi connectivity index (χ4n) is 2.85. The van der Waals surface area contributed by atoms with E-state index in [4.69, 9.17) is 11.6 Å². The topological polar surface area (TPSA) is 72.7 Å². The van der Waals surface area contributed by atoms with Gasteiger partial charge in [-0.1, -0.05) is 41.9 Å². The number of halogens is 2. The van der Waals surface area contributed by atoms with Gasteiger partial charge in [-0.15, -0.1) is 5.10 Å². The Morgan fingerprint density at radius 2 is 1.80 bits per heavy atom. The molecule has 8 heteroatoms. The molecule has 0 amide bonds. The van der Waals surface area contributed by atoms with Gasteiger partial charge >= 0.3 is 0 Å². The number of carbonyl (C=O) groups excluding carboxylic acids is 1. The van der Waals surface area contributed by atoms with Crippen molar-refractivity contribution in [2.75, 3.05) is 5.32 Å². The molecule has 0 aliphatic carbocycles. The highest BCUT2D eigenvalue weighted by molar-refractivity contribution is 6.31. The summed E-state index contributed by atoms with van der Waals surface area (Å²) in [4.78, 5) is 12.9. The fourth-order valence-corrected chi connectivity index (χ4v) is 3.02. The van der Waals surface area contributed by atoms with Gasteiger partial charge in [0.15, 0.2) is 11.6 Å². The van der Waals surface area contributed by atoms with Crippen LogP contribution in [0.5, 0.6) is 0 Å². The fraction of sp³-hybridized carbons (Fsp3) is 0. The molecule has 1 aromatic heterocycles. The van der Waals surface area contributed by atoms with Crippen LogP contribution in [0.2, 0.25) is 5.02 Å². The van der Waals surface area contributed by atoms with E-state index in [1.807, 2.05) is 6.07 Å². The maximum Gasteiger partial charge on any atom is 0.195 e. The molecule has 1 heterocycles. The Morgan fingerprint density at radius 3 is 2.57 bits per heavy atom. The largest absolute Gasteiger partial charge is 0.361 e. The predicted molar refractivity (Wildman–Crippen MR) is 113 cm³/mol. The van der Waals surface area contributed by atoms with Crippen molar-refractivity contribution in [3.63, 3.8) is 0 Å². The van der Waals surface area contributed by atoms with Crippen molar-refractivity contribution in [2.24, 2.45) is 0 Å². The molecule has 0 atom stereocenters. The third-order valence-corrected chi connectivity index (χ3v) is 4.53. The Bertz CT molecular complexity index is 1210. The molecule has 0 unspecified atom stereocenters. The summed E-state index contributed by atoms with van der Waals surface area (Å²) in [6, 6.07) is 19.8. The standard InChI is InChI=1S/C22H15ClFN5O/c23-16-6-11-20(19(14-16)22(30)15-4-2-1-3-5-15)25-13-12-21-26-27-28-29(21)18-9-7-17(24)8-10-18/h1-14,25H. The number of tetrazole rings is 1. The summed E-state index contributed by atoms with van der Waals surface area (Å²) in [6.07, 6.45) is 3.27. The summed E-state index contributed by atoms with van der Waals surface area (Å²) in [6.45, 7) is 0. The maximum absolute atomic E-state index is 13.2. The van der Waals surface area contributed by atoms with Crippen molar-refractivity contribution < 1.29 is 9.18 Å². The summed E-state index contributed by atoms with van der Waals surface area (Å²) in [5.41, 5.74) is 2.21. The van der Waals surface area contributed by atoms with Crippen LogP contribution in [0, 0.1) is 5.82 Å². The number of ketones is 1. The first-order chi connectivity index (χ1) is 14.6. The van der Waals surface area contributed by atoms with Gasteiger partial charge in [0.1, 0.15) is 5.82 Å². The Morgan fingerprint density at radius 1 is 1.03 bits per heavy atom. The molecule has 30 heavy (non-hydrogen) atoms. The highest BCUT2D eigenvalue weighted by Crippen LogP contribution is 2.24. The Labute approximate surface area is 176 Å². The van der Waals surface area contributed by atoms with Gasteiger partial charge in [-0.3, -0.25) is 4.79 Å². The van der Waals surface area contributed by atoms with E-state index >= 15 is 0 Å². The zero-order valence-electron chi connectivity index (χ0n) is 15.5. The van der Waals surface area contributed by atoms with Crippen molar-refractivity contribution in [2.45, 2.75) is 0 Å². The van der Waals surface area contributed by atoms with Crippen molar-refractivity contribution in [1.82, 2.24) is 20.2 Å². The van der Waals surface area contributed by atoms with Crippen LogP contribution in [0.4, 0.5) is 10.1 Å². The molecule has 6 nitrogen and oxygen atoms in total. The second-order valence-electron chi connectivity index (χ2n) is 6.29. The number of benzene rings is 3. The molecule has 4 aromatic rings. The molecule has 0 bridgehead atoms. The summed E-state index contributed by atoms with van der Waals surface area (Å²) in [5, 5.41) is 15.1. The van der Waals surface area contributed by atoms with Gasteiger partial charge < -0.3 is 5.32 Å². The van der Waals surface area contributed by atoms with Crippen LogP contribution < -0.4 is 5.32 Å². The zero-order valence-corrected chi connectivity index (χ0v) is 16.3. The van der Waals surface area contributed by atoms with Crippen LogP contribution in [0.15, 0.2) is 79.0 Å². The van der Waals surface area contributed by atoms with Crippen LogP contribution in [0.3, 0.4) is 0 Å². The second kappa shape index (κ2) is 8.67. The average Bonchev–Trinajstić information content (AvgIpc) is 3.24. The van der Waals surface area contributed by atoms with Gasteiger partial charge in [-0.2, -0.15) is 4.68 Å². The van der Waals surface area contributed by atoms with Gasteiger partial charge in [0, 0.05) is 34.1 Å². The SMILES string of the molecule is O=C(c1ccccc1)c1cc(Cl)ccc1NC=Cc1nnnn1-c1ccc(F)cc1. The van der Waals surface area contributed by atoms with Gasteiger partial charge in [0.25, 0.3) is 0 Å². The lowest BCUT2D eigenvalue weighted by Crippen LogP contribution is -2.05. The van der Waals surface area contributed by atoms with E-state index in [1.54, 1.807) is 66.9 Å². The Balaban J connectivity index is 1.58. The van der Waals surface area contributed by atoms with E-state index in [0.29, 0.717) is 33.3 Å². The number of hydrogen-bond donors (Lipinski definition) is 1. The summed E-state index contributed by atoms with van der Waals surface area (Å²) < 4.78 is 14.6. The lowest BCUT2D eigenvalue weighted by molar-refractivity contribution is 0.103. The highest BCUT2D eigenvalue weighted by atomic mass is 35.5. The molecule has 4 rings (SSSR count). The molecule has 0 aliphatic rings. The van der Waals surface area contributed by atoms with Gasteiger partial charge in [-0.05, 0) is 52.9 Å². The van der Waals surface area contributed by atoms with E-state index in [-0.39, 0.29) is 11.6 Å². The molecule has 0 spiro atoms. The lowest BCUT2D eigenvalue weighted by atomic mass is 10.0. The minimum absolute atomic E-state index is 0.148. The number of aromatic nitrogens is 4. The quantitative estimate of drug-likeness (QED) is 0.456. The van der Waals surface area contributed by atoms with Crippen LogP contribution in [0.1, 0.15) is 21.7 Å². The van der Waals surface area contributed by atoms with Gasteiger partial charge in [0.2, 0.25) is 0 Å². The monoisotopic (exact) mass is 419 g/mol. The number of anilines is 1. The van der Waals surface area contributed by atoms with Crippen LogP contribution in [-0.4, -0.2) is 26.0 Å². The molecule has 0 fully saturated rings. The first kappa shape index (κ1) is 19.5. The molecule has 1 N–H and O–H groups in total. The normalized spacial score (nSPS) is 11.0. The van der Waals surface area contributed by atoms with Gasteiger partial charge in [0.05, 0.1) is 5.69 Å². The molecule has 0 aliphatic heterocycles. The van der Waals surface area contributed by atoms with E-state index in [9.17, 15) is 9.18 Å². The van der Waals surface area contributed by atoms with Crippen molar-refractivity contribution in [3.05, 3.63) is 107 Å². The molecular formula is C22H15ClFN5O. The first-order valence-electron chi connectivity index (χ1n) is 8.98. The predicted octanol–water partition coefficient (Wildman–Crippen LogP) is 4.77. The van der Waals surface area contributed by atoms with Crippen molar-refractivity contribution in [1.29, 1.82) is 0 Å². The summed E-state index contributed by atoms with van der Waals surface area (Å²) in [7, 11) is 0. The smallest absolute Gasteiger partial charge is 0.195 e. The van der Waals surface area contributed by atoms with Crippen molar-refractivity contribution in [3.8, 4) is 5.69 Å². The number of nitrogens with one attached hydrogen (secondary N) is 1. The summed E-state index contributed by atoms with van der Waals surface area (Å²) in [5.74, 6) is -0.0620. The number of hydrogen-bond acceptors (Lipinski definition) is 5. The highest BCUT2D eigenvalue weighted by Gasteiger charge is 2.14. The minimum atomic E-state index is -0.344. The third kappa shape index (κ3) is 4.26. The first-order valence-corrected chi connectivity index (χ1v) is 9.36. The number of nitrogens with zero attached hydrogens (tertiary/aromatic N) is 4. The van der Waals surface area contributed by atoms with E-state index in [0.717, 1.165) is 0 Å². The molecule has 0 saturated heterocycles. The molecule has 148 valence electrons. The van der Waals surface area contributed by atoms with Gasteiger partial charge in [-0.25, -0.2) is 4.39 Å². The molecular weight excluding hydrogens is 405 g/mol. The number of carbonyl (C=O) groups is 1. The van der Waals surface area contributed by atoms with Crippen LogP contribution in [-0.2, 0) is 0 Å². The maximum atomic E-state index is 13.2. The lowest BCUT2D eigenvalue weighted by Gasteiger charge is -2.09. The zero-order chi connectivity index (χ0) is 20.9. The molecule has 0 radical (unpaired) electrons. The molecule has 0 saturated carbocycles. The van der Waals surface area contributed by atoms with E-state index in [1.165, 1.54) is 16.8 Å². The van der Waals surface area contributed by atoms with Crippen molar-refractivity contribution >= 4 is 29.1 Å². The van der Waals surface area contributed by atoms with Crippen LogP contribution in [0.25, 0.3) is 11.8 Å². The second-order valence-corrected chi connectivity index (χ2v) is 6.72. The Hall–Kier alpha value is -3.84. The van der Waals surface area contributed by atoms with E-state index in [2.05, 4.69) is 20.8 Å². The number of rotatable bonds is 6. The molecule has 3 aromatic carbocycles. The average molecular weight is 420 g/mol. The van der Waals surface area contributed by atoms with E-state index < -0.39 is 0 Å². The minimum Gasteiger partial charge on any atom is -0.361 e.